The van der Waals surface area contributed by atoms with Gasteiger partial charge in [-0.25, -0.2) is 0 Å². The molecule has 3 heteroatoms. The Hall–Kier alpha value is -1.35. The maximum absolute atomic E-state index is 11.0. The summed E-state index contributed by atoms with van der Waals surface area (Å²) in [4.78, 5) is 13.5. The van der Waals surface area contributed by atoms with Crippen LogP contribution in [-0.2, 0) is 11.3 Å². The Bertz CT molecular complexity index is 392. The van der Waals surface area contributed by atoms with Crippen LogP contribution in [0.4, 0.5) is 0 Å². The van der Waals surface area contributed by atoms with Crippen molar-refractivity contribution in [3.05, 3.63) is 35.9 Å². The Balaban J connectivity index is 1.57. The normalized spacial score (nSPS) is 32.4. The fourth-order valence-electron chi connectivity index (χ4n) is 3.01. The van der Waals surface area contributed by atoms with Gasteiger partial charge in [-0.15, -0.1) is 0 Å². The Morgan fingerprint density at radius 1 is 1.25 bits per heavy atom. The van der Waals surface area contributed by atoms with Gasteiger partial charge in [0.15, 0.2) is 0 Å². The SMILES string of the molecule is NC(=O)C1C2CN(Cc3ccccc3)CC21. The van der Waals surface area contributed by atoms with E-state index in [0.717, 1.165) is 19.6 Å². The molecule has 2 unspecified atom stereocenters. The van der Waals surface area contributed by atoms with E-state index in [2.05, 4.69) is 29.2 Å². The van der Waals surface area contributed by atoms with Crippen molar-refractivity contribution >= 4 is 5.91 Å². The van der Waals surface area contributed by atoms with Crippen LogP contribution in [0.5, 0.6) is 0 Å². The van der Waals surface area contributed by atoms with Gasteiger partial charge in [0, 0.05) is 25.6 Å². The van der Waals surface area contributed by atoms with Gasteiger partial charge in [-0.3, -0.25) is 9.69 Å². The van der Waals surface area contributed by atoms with Crippen LogP contribution in [0.15, 0.2) is 30.3 Å². The molecule has 0 spiro atoms. The molecule has 2 aliphatic rings. The quantitative estimate of drug-likeness (QED) is 0.814. The standard InChI is InChI=1S/C13H16N2O/c14-13(16)12-10-7-15(8-11(10)12)6-9-4-2-1-3-5-9/h1-5,10-12H,6-8H2,(H2,14,16). The highest BCUT2D eigenvalue weighted by Gasteiger charge is 2.58. The van der Waals surface area contributed by atoms with Gasteiger partial charge < -0.3 is 5.73 Å². The Labute approximate surface area is 95.2 Å². The largest absolute Gasteiger partial charge is 0.369 e. The summed E-state index contributed by atoms with van der Waals surface area (Å²) < 4.78 is 0. The van der Waals surface area contributed by atoms with Gasteiger partial charge in [0.05, 0.1) is 0 Å². The van der Waals surface area contributed by atoms with Crippen LogP contribution >= 0.6 is 0 Å². The first-order valence-corrected chi connectivity index (χ1v) is 5.81. The van der Waals surface area contributed by atoms with E-state index in [1.807, 2.05) is 6.07 Å². The van der Waals surface area contributed by atoms with Crippen molar-refractivity contribution in [3.63, 3.8) is 0 Å². The molecule has 2 N–H and O–H groups in total. The van der Waals surface area contributed by atoms with Crippen LogP contribution < -0.4 is 5.73 Å². The van der Waals surface area contributed by atoms with Crippen LogP contribution in [0.25, 0.3) is 0 Å². The molecular weight excluding hydrogens is 200 g/mol. The summed E-state index contributed by atoms with van der Waals surface area (Å²) in [5.74, 6) is 1.16. The lowest BCUT2D eigenvalue weighted by Crippen LogP contribution is -2.28. The molecule has 16 heavy (non-hydrogen) atoms. The minimum atomic E-state index is -0.102. The van der Waals surface area contributed by atoms with Crippen LogP contribution in [0.3, 0.4) is 0 Å². The van der Waals surface area contributed by atoms with Gasteiger partial charge >= 0.3 is 0 Å². The van der Waals surface area contributed by atoms with Gasteiger partial charge in [0.2, 0.25) is 5.91 Å². The van der Waals surface area contributed by atoms with E-state index in [1.165, 1.54) is 5.56 Å². The van der Waals surface area contributed by atoms with E-state index >= 15 is 0 Å². The molecular formula is C13H16N2O. The molecule has 1 aliphatic heterocycles. The summed E-state index contributed by atoms with van der Waals surface area (Å²) in [6, 6.07) is 10.5. The number of hydrogen-bond donors (Lipinski definition) is 1. The molecule has 1 saturated heterocycles. The van der Waals surface area contributed by atoms with Gasteiger partial charge in [0.25, 0.3) is 0 Å². The lowest BCUT2D eigenvalue weighted by molar-refractivity contribution is -0.120. The van der Waals surface area contributed by atoms with E-state index in [-0.39, 0.29) is 11.8 Å². The number of likely N-dealkylation sites (tertiary alicyclic amines) is 1. The third-order valence-corrected chi connectivity index (χ3v) is 3.85. The number of carbonyl (C=O) groups excluding carboxylic acids is 1. The fourth-order valence-corrected chi connectivity index (χ4v) is 3.01. The van der Waals surface area contributed by atoms with Crippen LogP contribution in [0.2, 0.25) is 0 Å². The van der Waals surface area contributed by atoms with E-state index in [9.17, 15) is 4.79 Å². The first-order chi connectivity index (χ1) is 7.75. The molecule has 2 fully saturated rings. The van der Waals surface area contributed by atoms with Crippen LogP contribution in [0, 0.1) is 17.8 Å². The highest BCUT2D eigenvalue weighted by molar-refractivity contribution is 5.80. The molecule has 0 radical (unpaired) electrons. The third-order valence-electron chi connectivity index (χ3n) is 3.85. The average molecular weight is 216 g/mol. The van der Waals surface area contributed by atoms with Gasteiger partial charge in [0.1, 0.15) is 0 Å². The van der Waals surface area contributed by atoms with Crippen LogP contribution in [-0.4, -0.2) is 23.9 Å². The number of hydrogen-bond acceptors (Lipinski definition) is 2. The second-order valence-corrected chi connectivity index (χ2v) is 4.94. The lowest BCUT2D eigenvalue weighted by Gasteiger charge is -2.18. The summed E-state index contributed by atoms with van der Waals surface area (Å²) in [5.41, 5.74) is 6.68. The summed E-state index contributed by atoms with van der Waals surface area (Å²) in [7, 11) is 0. The maximum atomic E-state index is 11.0. The molecule has 1 aliphatic carbocycles. The second-order valence-electron chi connectivity index (χ2n) is 4.94. The summed E-state index contributed by atoms with van der Waals surface area (Å²) in [6.45, 7) is 3.07. The predicted octanol–water partition coefficient (Wildman–Crippen LogP) is 0.850. The Morgan fingerprint density at radius 2 is 1.88 bits per heavy atom. The zero-order valence-electron chi connectivity index (χ0n) is 9.17. The van der Waals surface area contributed by atoms with Crippen molar-refractivity contribution in [2.45, 2.75) is 6.54 Å². The van der Waals surface area contributed by atoms with Crippen molar-refractivity contribution in [1.82, 2.24) is 4.90 Å². The predicted molar refractivity (Wildman–Crippen MR) is 61.4 cm³/mol. The maximum Gasteiger partial charge on any atom is 0.221 e. The van der Waals surface area contributed by atoms with Crippen LogP contribution in [0.1, 0.15) is 5.56 Å². The Morgan fingerprint density at radius 3 is 2.44 bits per heavy atom. The van der Waals surface area contributed by atoms with Crippen molar-refractivity contribution in [3.8, 4) is 0 Å². The first-order valence-electron chi connectivity index (χ1n) is 5.81. The second kappa shape index (κ2) is 3.59. The number of nitrogens with two attached hydrogens (primary N) is 1. The topological polar surface area (TPSA) is 46.3 Å². The van der Waals surface area contributed by atoms with Crippen molar-refractivity contribution < 1.29 is 4.79 Å². The smallest absolute Gasteiger partial charge is 0.221 e. The highest BCUT2D eigenvalue weighted by atomic mass is 16.1. The molecule has 2 atom stereocenters. The first kappa shape index (κ1) is 9.85. The number of primary amides is 1. The molecule has 1 saturated carbocycles. The molecule has 1 amide bonds. The highest BCUT2D eigenvalue weighted by Crippen LogP contribution is 2.51. The van der Waals surface area contributed by atoms with Crippen molar-refractivity contribution in [2.24, 2.45) is 23.5 Å². The lowest BCUT2D eigenvalue weighted by atomic mass is 10.2. The minimum absolute atomic E-state index is 0.102. The summed E-state index contributed by atoms with van der Waals surface area (Å²) in [6.07, 6.45) is 0. The molecule has 3 nitrogen and oxygen atoms in total. The van der Waals surface area contributed by atoms with Gasteiger partial charge in [-0.2, -0.15) is 0 Å². The number of carbonyl (C=O) groups is 1. The molecule has 3 rings (SSSR count). The summed E-state index contributed by atoms with van der Waals surface area (Å²) >= 11 is 0. The fraction of sp³-hybridized carbons (Fsp3) is 0.462. The Kier molecular flexibility index (Phi) is 2.21. The molecule has 1 aromatic rings. The zero-order valence-corrected chi connectivity index (χ0v) is 9.17. The number of nitrogens with zero attached hydrogens (tertiary/aromatic N) is 1. The van der Waals surface area contributed by atoms with Crippen molar-refractivity contribution in [1.29, 1.82) is 0 Å². The van der Waals surface area contributed by atoms with Crippen molar-refractivity contribution in [2.75, 3.05) is 13.1 Å². The summed E-state index contributed by atoms with van der Waals surface area (Å²) in [5, 5.41) is 0. The monoisotopic (exact) mass is 216 g/mol. The molecule has 1 aromatic carbocycles. The number of amides is 1. The number of benzene rings is 1. The van der Waals surface area contributed by atoms with E-state index in [0.29, 0.717) is 11.8 Å². The van der Waals surface area contributed by atoms with E-state index in [4.69, 9.17) is 5.73 Å². The molecule has 84 valence electrons. The number of piperidine rings is 1. The molecule has 0 bridgehead atoms. The molecule has 0 aromatic heterocycles. The molecule has 1 heterocycles. The zero-order chi connectivity index (χ0) is 11.1. The van der Waals surface area contributed by atoms with E-state index in [1.54, 1.807) is 0 Å². The number of rotatable bonds is 3. The van der Waals surface area contributed by atoms with E-state index < -0.39 is 0 Å². The average Bonchev–Trinajstić information content (AvgIpc) is 2.79. The minimum Gasteiger partial charge on any atom is -0.369 e. The van der Waals surface area contributed by atoms with Gasteiger partial charge in [-0.1, -0.05) is 30.3 Å². The van der Waals surface area contributed by atoms with Gasteiger partial charge in [-0.05, 0) is 17.4 Å². The third kappa shape index (κ3) is 1.61. The number of fused-ring (bicyclic) bond motifs is 1.